The predicted octanol–water partition coefficient (Wildman–Crippen LogP) is 3.54. The van der Waals surface area contributed by atoms with E-state index in [9.17, 15) is 14.4 Å². The number of ether oxygens (including phenoxy) is 12. The fourth-order valence-electron chi connectivity index (χ4n) is 5.75. The number of hydrogen-bond donors (Lipinski definition) is 2. The van der Waals surface area contributed by atoms with Crippen LogP contribution in [0, 0.1) is 11.8 Å². The first-order chi connectivity index (χ1) is 32.2. The van der Waals surface area contributed by atoms with Crippen molar-refractivity contribution in [3.63, 3.8) is 0 Å². The third-order valence-electron chi connectivity index (χ3n) is 8.94. The Labute approximate surface area is 390 Å². The van der Waals surface area contributed by atoms with Crippen LogP contribution in [0.5, 0.6) is 0 Å². The zero-order chi connectivity index (χ0) is 47.2. The number of carbonyl (C=O) groups is 3. The number of benzene rings is 2. The van der Waals surface area contributed by atoms with E-state index < -0.39 is 11.7 Å². The van der Waals surface area contributed by atoms with Gasteiger partial charge in [0.1, 0.15) is 5.60 Å². The van der Waals surface area contributed by atoms with Crippen molar-refractivity contribution >= 4 is 23.6 Å². The Balaban J connectivity index is 0.962. The van der Waals surface area contributed by atoms with E-state index in [-0.39, 0.29) is 24.7 Å². The Kier molecular flexibility index (Phi) is 31.3. The van der Waals surface area contributed by atoms with Crippen LogP contribution >= 0.6 is 0 Å². The van der Waals surface area contributed by atoms with Crippen molar-refractivity contribution in [3.05, 3.63) is 65.2 Å². The van der Waals surface area contributed by atoms with Crippen LogP contribution in [-0.4, -0.2) is 182 Å². The van der Waals surface area contributed by atoms with Gasteiger partial charge in [-0.25, -0.2) is 4.79 Å². The summed E-state index contributed by atoms with van der Waals surface area (Å²) in [6.07, 6.45) is -0.294. The SMILES string of the molecule is CC(C)(C)OC(=O)NCCOCCOCCOCCOCCOCCOCCOCCOCCOCCOCCOCCNC(=O)CCC(=O)N1Cc2ccccc2C#Cc2ccccc21. The van der Waals surface area contributed by atoms with Gasteiger partial charge >= 0.3 is 6.09 Å². The van der Waals surface area contributed by atoms with Crippen molar-refractivity contribution < 1.29 is 71.2 Å². The standard InChI is InChI=1S/C48H73N3O15/c1-48(2,3)66-47(54)50-17-19-56-21-23-58-25-27-60-29-31-62-33-35-64-37-39-65-38-36-63-34-32-61-30-28-59-26-24-57-22-20-55-18-16-49-45(52)14-15-46(53)51-40-43-10-5-4-8-41(43)12-13-42-9-6-7-11-44(42)51/h4-11H,14-40H2,1-3H3,(H,49,52)(H,50,54). The molecule has 370 valence electrons. The van der Waals surface area contributed by atoms with E-state index in [0.717, 1.165) is 22.4 Å². The third-order valence-corrected chi connectivity index (χ3v) is 8.94. The molecule has 0 fully saturated rings. The second kappa shape index (κ2) is 36.8. The highest BCUT2D eigenvalue weighted by molar-refractivity contribution is 5.96. The number of anilines is 1. The smallest absolute Gasteiger partial charge is 0.407 e. The molecule has 0 aromatic heterocycles. The summed E-state index contributed by atoms with van der Waals surface area (Å²) in [5.74, 6) is 6.06. The van der Waals surface area contributed by atoms with Crippen molar-refractivity contribution in [1.82, 2.24) is 10.6 Å². The van der Waals surface area contributed by atoms with Gasteiger partial charge in [0.25, 0.3) is 0 Å². The van der Waals surface area contributed by atoms with Crippen LogP contribution in [0.3, 0.4) is 0 Å². The molecule has 2 aromatic rings. The van der Waals surface area contributed by atoms with Gasteiger partial charge in [-0.05, 0) is 44.5 Å². The molecule has 0 aliphatic carbocycles. The molecule has 1 heterocycles. The maximum atomic E-state index is 13.3. The van der Waals surface area contributed by atoms with Gasteiger partial charge in [0.15, 0.2) is 0 Å². The average Bonchev–Trinajstić information content (AvgIpc) is 3.29. The number of carbonyl (C=O) groups excluding carboxylic acids is 3. The van der Waals surface area contributed by atoms with Crippen molar-refractivity contribution in [2.75, 3.05) is 163 Å². The lowest BCUT2D eigenvalue weighted by atomic mass is 10.0. The summed E-state index contributed by atoms with van der Waals surface area (Å²) in [4.78, 5) is 39.0. The molecule has 3 rings (SSSR count). The molecular formula is C48H73N3O15. The Morgan fingerprint density at radius 2 is 0.848 bits per heavy atom. The quantitative estimate of drug-likeness (QED) is 0.0732. The summed E-state index contributed by atoms with van der Waals surface area (Å²) >= 11 is 0. The van der Waals surface area contributed by atoms with Crippen LogP contribution in [0.1, 0.15) is 50.3 Å². The molecule has 2 aromatic carbocycles. The third kappa shape index (κ3) is 28.7. The molecule has 66 heavy (non-hydrogen) atoms. The molecule has 2 N–H and O–H groups in total. The van der Waals surface area contributed by atoms with Gasteiger partial charge in [-0.2, -0.15) is 0 Å². The summed E-state index contributed by atoms with van der Waals surface area (Å²) < 4.78 is 65.6. The summed E-state index contributed by atoms with van der Waals surface area (Å²) in [6, 6.07) is 15.4. The number of para-hydroxylation sites is 1. The zero-order valence-electron chi connectivity index (χ0n) is 39.3. The highest BCUT2D eigenvalue weighted by atomic mass is 16.6. The van der Waals surface area contributed by atoms with Crippen LogP contribution in [0.4, 0.5) is 10.5 Å². The Morgan fingerprint density at radius 1 is 0.485 bits per heavy atom. The number of nitrogens with one attached hydrogen (secondary N) is 2. The lowest BCUT2D eigenvalue weighted by Gasteiger charge is -2.26. The van der Waals surface area contributed by atoms with Crippen LogP contribution in [0.2, 0.25) is 0 Å². The number of alkyl carbamates (subject to hydrolysis) is 1. The van der Waals surface area contributed by atoms with Crippen LogP contribution in [0.25, 0.3) is 0 Å². The normalized spacial score (nSPS) is 12.1. The molecule has 0 unspecified atom stereocenters. The maximum absolute atomic E-state index is 13.3. The first-order valence-corrected chi connectivity index (χ1v) is 22.8. The second-order valence-corrected chi connectivity index (χ2v) is 15.4. The van der Waals surface area contributed by atoms with E-state index in [1.54, 1.807) is 4.90 Å². The molecule has 0 saturated heterocycles. The van der Waals surface area contributed by atoms with Gasteiger partial charge in [0.05, 0.1) is 158 Å². The number of amides is 3. The fraction of sp³-hybridized carbons (Fsp3) is 0.646. The van der Waals surface area contributed by atoms with E-state index in [1.807, 2.05) is 69.3 Å². The first kappa shape index (κ1) is 56.1. The Hall–Kier alpha value is -4.23. The van der Waals surface area contributed by atoms with Crippen molar-refractivity contribution in [1.29, 1.82) is 0 Å². The summed E-state index contributed by atoms with van der Waals surface area (Å²) in [5, 5.41) is 5.44. The lowest BCUT2D eigenvalue weighted by Crippen LogP contribution is -2.34. The van der Waals surface area contributed by atoms with E-state index in [2.05, 4.69) is 22.5 Å². The van der Waals surface area contributed by atoms with Gasteiger partial charge in [-0.3, -0.25) is 9.59 Å². The molecule has 0 atom stereocenters. The minimum Gasteiger partial charge on any atom is -0.444 e. The highest BCUT2D eigenvalue weighted by Crippen LogP contribution is 2.26. The molecular weight excluding hydrogens is 859 g/mol. The summed E-state index contributed by atoms with van der Waals surface area (Å²) in [5.41, 5.74) is 2.87. The van der Waals surface area contributed by atoms with E-state index in [0.29, 0.717) is 165 Å². The molecule has 1 aliphatic rings. The molecule has 18 nitrogen and oxygen atoms in total. The average molecular weight is 932 g/mol. The van der Waals surface area contributed by atoms with Gasteiger partial charge in [-0.15, -0.1) is 0 Å². The Bertz CT molecular complexity index is 1670. The molecule has 0 bridgehead atoms. The van der Waals surface area contributed by atoms with Crippen molar-refractivity contribution in [3.8, 4) is 11.8 Å². The van der Waals surface area contributed by atoms with Crippen LogP contribution in [-0.2, 0) is 73.0 Å². The number of hydrogen-bond acceptors (Lipinski definition) is 15. The summed E-state index contributed by atoms with van der Waals surface area (Å²) in [6.45, 7) is 16.4. The van der Waals surface area contributed by atoms with Gasteiger partial charge in [-0.1, -0.05) is 42.2 Å². The van der Waals surface area contributed by atoms with Gasteiger partial charge < -0.3 is 72.4 Å². The van der Waals surface area contributed by atoms with E-state index in [1.165, 1.54) is 0 Å². The van der Waals surface area contributed by atoms with E-state index >= 15 is 0 Å². The van der Waals surface area contributed by atoms with Crippen molar-refractivity contribution in [2.45, 2.75) is 45.8 Å². The molecule has 3 amide bonds. The predicted molar refractivity (Wildman–Crippen MR) is 246 cm³/mol. The largest absolute Gasteiger partial charge is 0.444 e. The number of fused-ring (bicyclic) bond motifs is 2. The highest BCUT2D eigenvalue weighted by Gasteiger charge is 2.22. The van der Waals surface area contributed by atoms with E-state index in [4.69, 9.17) is 56.8 Å². The number of nitrogens with zero attached hydrogens (tertiary/aromatic N) is 1. The first-order valence-electron chi connectivity index (χ1n) is 22.8. The zero-order valence-corrected chi connectivity index (χ0v) is 39.3. The lowest BCUT2D eigenvalue weighted by molar-refractivity contribution is -0.125. The molecule has 1 aliphatic heterocycles. The van der Waals surface area contributed by atoms with Crippen LogP contribution < -0.4 is 15.5 Å². The second-order valence-electron chi connectivity index (χ2n) is 15.4. The topological polar surface area (TPSA) is 189 Å². The van der Waals surface area contributed by atoms with Crippen LogP contribution in [0.15, 0.2) is 48.5 Å². The molecule has 0 spiro atoms. The van der Waals surface area contributed by atoms with Crippen molar-refractivity contribution in [2.24, 2.45) is 0 Å². The minimum absolute atomic E-state index is 0.0817. The maximum Gasteiger partial charge on any atom is 0.407 e. The van der Waals surface area contributed by atoms with Gasteiger partial charge in [0.2, 0.25) is 11.8 Å². The fourth-order valence-corrected chi connectivity index (χ4v) is 5.75. The summed E-state index contributed by atoms with van der Waals surface area (Å²) in [7, 11) is 0. The number of rotatable bonds is 39. The Morgan fingerprint density at radius 3 is 1.29 bits per heavy atom. The molecule has 18 heteroatoms. The molecule has 0 radical (unpaired) electrons. The van der Waals surface area contributed by atoms with Gasteiger partial charge in [0, 0.05) is 37.1 Å². The minimum atomic E-state index is -0.521. The monoisotopic (exact) mass is 932 g/mol. The molecule has 0 saturated carbocycles.